The molecule has 3 nitrogen and oxygen atoms in total. The maximum absolute atomic E-state index is 12.6. The average molecular weight is 400 g/mol. The molecule has 2 rings (SSSR count). The van der Waals surface area contributed by atoms with Crippen LogP contribution < -0.4 is 9.47 Å². The molecule has 0 N–H and O–H groups in total. The summed E-state index contributed by atoms with van der Waals surface area (Å²) in [6.45, 7) is 0. The van der Waals surface area contributed by atoms with E-state index in [0.29, 0.717) is 22.6 Å². The molecule has 0 aliphatic rings. The van der Waals surface area contributed by atoms with E-state index in [4.69, 9.17) is 9.47 Å². The van der Waals surface area contributed by atoms with Gasteiger partial charge in [-0.3, -0.25) is 4.79 Å². The van der Waals surface area contributed by atoms with Crippen LogP contribution >= 0.6 is 31.9 Å². The predicted octanol–water partition coefficient (Wildman–Crippen LogP) is 4.46. The smallest absolute Gasteiger partial charge is 0.198 e. The van der Waals surface area contributed by atoms with Gasteiger partial charge < -0.3 is 9.47 Å². The minimum absolute atomic E-state index is 0.125. The van der Waals surface area contributed by atoms with Crippen LogP contribution in [0.1, 0.15) is 15.9 Å². The molecule has 0 saturated carbocycles. The van der Waals surface area contributed by atoms with Crippen molar-refractivity contribution in [3.05, 3.63) is 56.5 Å². The van der Waals surface area contributed by atoms with Crippen LogP contribution in [0.3, 0.4) is 0 Å². The molecule has 0 aliphatic heterocycles. The van der Waals surface area contributed by atoms with Gasteiger partial charge in [0, 0.05) is 14.5 Å². The molecule has 2 aromatic carbocycles. The van der Waals surface area contributed by atoms with Crippen molar-refractivity contribution in [2.75, 3.05) is 14.2 Å². The van der Waals surface area contributed by atoms with Crippen LogP contribution in [0.5, 0.6) is 11.5 Å². The zero-order valence-corrected chi connectivity index (χ0v) is 14.1. The molecule has 2 aromatic rings. The Bertz CT molecular complexity index is 654. The number of benzene rings is 2. The quantitative estimate of drug-likeness (QED) is 0.712. The summed E-state index contributed by atoms with van der Waals surface area (Å²) in [6.07, 6.45) is 0. The number of carbonyl (C=O) groups is 1. The van der Waals surface area contributed by atoms with Gasteiger partial charge in [-0.25, -0.2) is 0 Å². The Morgan fingerprint density at radius 1 is 0.950 bits per heavy atom. The van der Waals surface area contributed by atoms with Gasteiger partial charge in [-0.15, -0.1) is 0 Å². The van der Waals surface area contributed by atoms with Crippen molar-refractivity contribution in [1.29, 1.82) is 0 Å². The van der Waals surface area contributed by atoms with E-state index >= 15 is 0 Å². The van der Waals surface area contributed by atoms with Gasteiger partial charge in [0.05, 0.1) is 19.8 Å². The molecule has 0 aromatic heterocycles. The zero-order valence-electron chi connectivity index (χ0n) is 10.9. The summed E-state index contributed by atoms with van der Waals surface area (Å²) >= 11 is 6.77. The zero-order chi connectivity index (χ0) is 14.7. The Balaban J connectivity index is 2.51. The molecule has 104 valence electrons. The molecule has 0 fully saturated rings. The van der Waals surface area contributed by atoms with Crippen LogP contribution in [0.2, 0.25) is 0 Å². The molecule has 0 radical (unpaired) electrons. The highest BCUT2D eigenvalue weighted by Gasteiger charge is 2.18. The van der Waals surface area contributed by atoms with Gasteiger partial charge in [0.1, 0.15) is 11.5 Å². The van der Waals surface area contributed by atoms with Crippen LogP contribution in [-0.2, 0) is 0 Å². The summed E-state index contributed by atoms with van der Waals surface area (Å²) in [4.78, 5) is 12.6. The minimum atomic E-state index is -0.125. The number of carbonyl (C=O) groups excluding carboxylic acids is 1. The van der Waals surface area contributed by atoms with Gasteiger partial charge in [0.2, 0.25) is 0 Å². The van der Waals surface area contributed by atoms with E-state index in [0.717, 1.165) is 8.95 Å². The summed E-state index contributed by atoms with van der Waals surface area (Å²) in [5, 5.41) is 0. The number of ketones is 1. The Morgan fingerprint density at radius 2 is 1.70 bits per heavy atom. The van der Waals surface area contributed by atoms with Gasteiger partial charge in [0.15, 0.2) is 5.78 Å². The Kier molecular flexibility index (Phi) is 4.83. The lowest BCUT2D eigenvalue weighted by Gasteiger charge is -2.10. The molecular weight excluding hydrogens is 388 g/mol. The Morgan fingerprint density at radius 3 is 2.30 bits per heavy atom. The fourth-order valence-electron chi connectivity index (χ4n) is 1.81. The van der Waals surface area contributed by atoms with Gasteiger partial charge in [0.25, 0.3) is 0 Å². The van der Waals surface area contributed by atoms with Crippen LogP contribution in [0.15, 0.2) is 45.3 Å². The number of hydrogen-bond acceptors (Lipinski definition) is 3. The Labute approximate surface area is 134 Å². The summed E-state index contributed by atoms with van der Waals surface area (Å²) in [5.41, 5.74) is 1.04. The second-order valence-electron chi connectivity index (χ2n) is 4.02. The topological polar surface area (TPSA) is 35.5 Å². The summed E-state index contributed by atoms with van der Waals surface area (Å²) in [6, 6.07) is 10.6. The molecule has 0 saturated heterocycles. The van der Waals surface area contributed by atoms with E-state index in [-0.39, 0.29) is 5.78 Å². The van der Waals surface area contributed by atoms with Crippen LogP contribution in [-0.4, -0.2) is 20.0 Å². The molecular formula is C15H12Br2O3. The number of hydrogen-bond donors (Lipinski definition) is 0. The van der Waals surface area contributed by atoms with Crippen molar-refractivity contribution < 1.29 is 14.3 Å². The van der Waals surface area contributed by atoms with Crippen LogP contribution in [0, 0.1) is 0 Å². The number of ether oxygens (including phenoxy) is 2. The largest absolute Gasteiger partial charge is 0.497 e. The number of methoxy groups -OCH3 is 2. The first-order valence-corrected chi connectivity index (χ1v) is 7.37. The van der Waals surface area contributed by atoms with E-state index in [1.165, 1.54) is 7.11 Å². The average Bonchev–Trinajstić information content (AvgIpc) is 2.46. The Hall–Kier alpha value is -1.33. The van der Waals surface area contributed by atoms with Crippen molar-refractivity contribution in [1.82, 2.24) is 0 Å². The molecule has 0 aliphatic carbocycles. The van der Waals surface area contributed by atoms with E-state index in [2.05, 4.69) is 31.9 Å². The SMILES string of the molecule is COc1ccc(OC)c(C(=O)c2ccc(Br)cc2Br)c1. The lowest BCUT2D eigenvalue weighted by Crippen LogP contribution is -2.05. The van der Waals surface area contributed by atoms with Crippen molar-refractivity contribution >= 4 is 37.6 Å². The first-order valence-electron chi connectivity index (χ1n) is 5.78. The normalized spacial score (nSPS) is 10.2. The third kappa shape index (κ3) is 3.04. The molecule has 20 heavy (non-hydrogen) atoms. The van der Waals surface area contributed by atoms with Crippen LogP contribution in [0.4, 0.5) is 0 Å². The van der Waals surface area contributed by atoms with Crippen molar-refractivity contribution in [2.24, 2.45) is 0 Å². The summed E-state index contributed by atoms with van der Waals surface area (Å²) < 4.78 is 12.0. The number of halogens is 2. The fourth-order valence-corrected chi connectivity index (χ4v) is 3.04. The lowest BCUT2D eigenvalue weighted by atomic mass is 10.0. The second kappa shape index (κ2) is 6.41. The van der Waals surface area contributed by atoms with Gasteiger partial charge >= 0.3 is 0 Å². The van der Waals surface area contributed by atoms with Crippen molar-refractivity contribution in [3.8, 4) is 11.5 Å². The highest BCUT2D eigenvalue weighted by atomic mass is 79.9. The molecule has 0 bridgehead atoms. The molecule has 0 spiro atoms. The monoisotopic (exact) mass is 398 g/mol. The first-order chi connectivity index (χ1) is 9.56. The maximum atomic E-state index is 12.6. The summed E-state index contributed by atoms with van der Waals surface area (Å²) in [7, 11) is 3.10. The standard InChI is InChI=1S/C15H12Br2O3/c1-19-10-4-6-14(20-2)12(8-10)15(18)11-5-3-9(16)7-13(11)17/h3-8H,1-2H3. The maximum Gasteiger partial charge on any atom is 0.198 e. The lowest BCUT2D eigenvalue weighted by molar-refractivity contribution is 0.103. The van der Waals surface area contributed by atoms with E-state index in [1.54, 1.807) is 31.4 Å². The fraction of sp³-hybridized carbons (Fsp3) is 0.133. The molecule has 0 unspecified atom stereocenters. The van der Waals surface area contributed by atoms with E-state index in [9.17, 15) is 4.79 Å². The second-order valence-corrected chi connectivity index (χ2v) is 5.79. The van der Waals surface area contributed by atoms with Crippen molar-refractivity contribution in [3.63, 3.8) is 0 Å². The molecule has 0 heterocycles. The van der Waals surface area contributed by atoms with Crippen molar-refractivity contribution in [2.45, 2.75) is 0 Å². The van der Waals surface area contributed by atoms with Crippen LogP contribution in [0.25, 0.3) is 0 Å². The first kappa shape index (κ1) is 15.1. The minimum Gasteiger partial charge on any atom is -0.497 e. The third-order valence-electron chi connectivity index (χ3n) is 2.83. The van der Waals surface area contributed by atoms with Gasteiger partial charge in [-0.1, -0.05) is 15.9 Å². The molecule has 5 heteroatoms. The number of rotatable bonds is 4. The van der Waals surface area contributed by atoms with Gasteiger partial charge in [-0.2, -0.15) is 0 Å². The highest BCUT2D eigenvalue weighted by molar-refractivity contribution is 9.11. The van der Waals surface area contributed by atoms with E-state index in [1.807, 2.05) is 12.1 Å². The molecule has 0 atom stereocenters. The van der Waals surface area contributed by atoms with E-state index < -0.39 is 0 Å². The van der Waals surface area contributed by atoms with Gasteiger partial charge in [-0.05, 0) is 52.3 Å². The summed E-state index contributed by atoms with van der Waals surface area (Å²) in [5.74, 6) is 1.01. The predicted molar refractivity (Wildman–Crippen MR) is 84.8 cm³/mol. The molecule has 0 amide bonds. The highest BCUT2D eigenvalue weighted by Crippen LogP contribution is 2.30. The third-order valence-corrected chi connectivity index (χ3v) is 3.98.